The Morgan fingerprint density at radius 2 is 2.40 bits per heavy atom. The summed E-state index contributed by atoms with van der Waals surface area (Å²) in [6, 6.07) is 5.82. The second-order valence-electron chi connectivity index (χ2n) is 5.65. The van der Waals surface area contributed by atoms with Gasteiger partial charge in [0.05, 0.1) is 11.4 Å². The predicted octanol–water partition coefficient (Wildman–Crippen LogP) is 3.39. The fourth-order valence-electron chi connectivity index (χ4n) is 2.35. The molecule has 134 valence electrons. The van der Waals surface area contributed by atoms with Gasteiger partial charge in [-0.15, -0.1) is 10.2 Å². The van der Waals surface area contributed by atoms with Crippen molar-refractivity contribution in [2.45, 2.75) is 35.5 Å². The Labute approximate surface area is 153 Å². The summed E-state index contributed by atoms with van der Waals surface area (Å²) in [4.78, 5) is 12.2. The van der Waals surface area contributed by atoms with E-state index in [1.807, 2.05) is 0 Å². The first-order valence-corrected chi connectivity index (χ1v) is 9.72. The lowest BCUT2D eigenvalue weighted by atomic mass is 10.2. The molecule has 25 heavy (non-hydrogen) atoms. The zero-order valence-corrected chi connectivity index (χ0v) is 15.3. The van der Waals surface area contributed by atoms with Gasteiger partial charge in [0.25, 0.3) is 0 Å². The van der Waals surface area contributed by atoms with E-state index in [2.05, 4.69) is 20.8 Å². The standard InChI is InChI=1S/C16H19FN4O2S2/c1-10(14(22)19-12-5-2-4-11(17)8-12)24-16-21-20-15(25-16)18-9-13-6-3-7-23-13/h2,4-5,8,10,13H,3,6-7,9H2,1H3,(H,18,20)(H,19,22). The number of benzene rings is 1. The lowest BCUT2D eigenvalue weighted by Crippen LogP contribution is -2.22. The van der Waals surface area contributed by atoms with Gasteiger partial charge in [0.2, 0.25) is 11.0 Å². The maximum atomic E-state index is 13.2. The third kappa shape index (κ3) is 5.38. The van der Waals surface area contributed by atoms with Gasteiger partial charge < -0.3 is 15.4 Å². The molecule has 2 unspecified atom stereocenters. The van der Waals surface area contributed by atoms with Crippen molar-refractivity contribution in [3.05, 3.63) is 30.1 Å². The summed E-state index contributed by atoms with van der Waals surface area (Å²) in [5.74, 6) is -0.594. The third-order valence-corrected chi connectivity index (χ3v) is 5.72. The maximum absolute atomic E-state index is 13.2. The van der Waals surface area contributed by atoms with Gasteiger partial charge in [-0.25, -0.2) is 4.39 Å². The maximum Gasteiger partial charge on any atom is 0.237 e. The molecule has 9 heteroatoms. The van der Waals surface area contributed by atoms with Crippen LogP contribution in [0.2, 0.25) is 0 Å². The van der Waals surface area contributed by atoms with Crippen LogP contribution in [0.5, 0.6) is 0 Å². The number of ether oxygens (including phenoxy) is 1. The molecule has 1 aliphatic rings. The summed E-state index contributed by atoms with van der Waals surface area (Å²) in [7, 11) is 0. The molecule has 0 radical (unpaired) electrons. The molecule has 2 aromatic rings. The molecule has 1 aliphatic heterocycles. The molecule has 2 N–H and O–H groups in total. The molecule has 1 fully saturated rings. The van der Waals surface area contributed by atoms with Crippen LogP contribution in [0.25, 0.3) is 0 Å². The number of carbonyl (C=O) groups excluding carboxylic acids is 1. The molecule has 1 saturated heterocycles. The molecule has 0 aliphatic carbocycles. The zero-order valence-electron chi connectivity index (χ0n) is 13.7. The number of thioether (sulfide) groups is 1. The number of rotatable bonds is 7. The van der Waals surface area contributed by atoms with Crippen LogP contribution in [0.3, 0.4) is 0 Å². The van der Waals surface area contributed by atoms with Crippen LogP contribution in [0.15, 0.2) is 28.6 Å². The van der Waals surface area contributed by atoms with Crippen LogP contribution < -0.4 is 10.6 Å². The summed E-state index contributed by atoms with van der Waals surface area (Å²) in [5.41, 5.74) is 0.439. The van der Waals surface area contributed by atoms with E-state index in [0.29, 0.717) is 10.0 Å². The Morgan fingerprint density at radius 1 is 1.52 bits per heavy atom. The third-order valence-electron chi connectivity index (χ3n) is 3.65. The zero-order chi connectivity index (χ0) is 17.6. The van der Waals surface area contributed by atoms with Crippen LogP contribution in [0.1, 0.15) is 19.8 Å². The number of halogens is 1. The Balaban J connectivity index is 1.48. The minimum Gasteiger partial charge on any atom is -0.376 e. The normalized spacial score (nSPS) is 18.1. The quantitative estimate of drug-likeness (QED) is 0.715. The topological polar surface area (TPSA) is 76.1 Å². The van der Waals surface area contributed by atoms with Gasteiger partial charge in [0.1, 0.15) is 5.82 Å². The van der Waals surface area contributed by atoms with Crippen molar-refractivity contribution in [1.29, 1.82) is 0 Å². The molecular formula is C16H19FN4O2S2. The molecule has 1 aromatic carbocycles. The van der Waals surface area contributed by atoms with Crippen molar-refractivity contribution in [3.63, 3.8) is 0 Å². The summed E-state index contributed by atoms with van der Waals surface area (Å²) >= 11 is 2.73. The van der Waals surface area contributed by atoms with Gasteiger partial charge in [0, 0.05) is 18.8 Å². The van der Waals surface area contributed by atoms with E-state index in [4.69, 9.17) is 4.74 Å². The average molecular weight is 382 g/mol. The van der Waals surface area contributed by atoms with Crippen molar-refractivity contribution in [2.24, 2.45) is 0 Å². The van der Waals surface area contributed by atoms with E-state index < -0.39 is 0 Å². The fraction of sp³-hybridized carbons (Fsp3) is 0.438. The van der Waals surface area contributed by atoms with Crippen molar-refractivity contribution in [3.8, 4) is 0 Å². The highest BCUT2D eigenvalue weighted by Crippen LogP contribution is 2.29. The molecule has 0 bridgehead atoms. The Kier molecular flexibility index (Phi) is 6.22. The van der Waals surface area contributed by atoms with E-state index in [-0.39, 0.29) is 23.1 Å². The van der Waals surface area contributed by atoms with Crippen LogP contribution in [-0.2, 0) is 9.53 Å². The molecule has 6 nitrogen and oxygen atoms in total. The van der Waals surface area contributed by atoms with Crippen molar-refractivity contribution in [1.82, 2.24) is 10.2 Å². The Bertz CT molecular complexity index is 722. The van der Waals surface area contributed by atoms with Crippen LogP contribution in [-0.4, -0.2) is 40.6 Å². The number of carbonyl (C=O) groups is 1. The first kappa shape index (κ1) is 18.1. The number of nitrogens with zero attached hydrogens (tertiary/aromatic N) is 2. The van der Waals surface area contributed by atoms with Crippen molar-refractivity contribution < 1.29 is 13.9 Å². The van der Waals surface area contributed by atoms with E-state index in [1.54, 1.807) is 19.1 Å². The molecule has 2 atom stereocenters. The molecule has 3 rings (SSSR count). The van der Waals surface area contributed by atoms with Crippen molar-refractivity contribution in [2.75, 3.05) is 23.8 Å². The van der Waals surface area contributed by atoms with E-state index >= 15 is 0 Å². The van der Waals surface area contributed by atoms with Gasteiger partial charge in [-0.05, 0) is 38.0 Å². The van der Waals surface area contributed by atoms with E-state index in [9.17, 15) is 9.18 Å². The molecule has 1 amide bonds. The molecule has 1 aromatic heterocycles. The Morgan fingerprint density at radius 3 is 3.16 bits per heavy atom. The molecular weight excluding hydrogens is 363 g/mol. The van der Waals surface area contributed by atoms with Gasteiger partial charge in [0.15, 0.2) is 4.34 Å². The number of hydrogen-bond donors (Lipinski definition) is 2. The number of nitrogens with one attached hydrogen (secondary N) is 2. The van der Waals surface area contributed by atoms with Gasteiger partial charge >= 0.3 is 0 Å². The minimum atomic E-state index is -0.385. The molecule has 2 heterocycles. The largest absolute Gasteiger partial charge is 0.376 e. The molecule has 0 saturated carbocycles. The number of amides is 1. The smallest absolute Gasteiger partial charge is 0.237 e. The predicted molar refractivity (Wildman–Crippen MR) is 97.7 cm³/mol. The second-order valence-corrected chi connectivity index (χ2v) is 8.21. The first-order valence-electron chi connectivity index (χ1n) is 8.02. The van der Waals surface area contributed by atoms with E-state index in [0.717, 1.165) is 31.1 Å². The highest BCUT2D eigenvalue weighted by Gasteiger charge is 2.19. The summed E-state index contributed by atoms with van der Waals surface area (Å²) in [6.07, 6.45) is 2.39. The summed E-state index contributed by atoms with van der Waals surface area (Å²) in [5, 5.41) is 14.4. The van der Waals surface area contributed by atoms with Crippen molar-refractivity contribution >= 4 is 39.8 Å². The highest BCUT2D eigenvalue weighted by atomic mass is 32.2. The Hall–Kier alpha value is -1.71. The SMILES string of the molecule is CC(Sc1nnc(NCC2CCCO2)s1)C(=O)Nc1cccc(F)c1. The van der Waals surface area contributed by atoms with E-state index in [1.165, 1.54) is 35.2 Å². The number of anilines is 2. The highest BCUT2D eigenvalue weighted by molar-refractivity contribution is 8.02. The minimum absolute atomic E-state index is 0.209. The van der Waals surface area contributed by atoms with Gasteiger partial charge in [-0.2, -0.15) is 0 Å². The number of aromatic nitrogens is 2. The van der Waals surface area contributed by atoms with Gasteiger partial charge in [-0.3, -0.25) is 4.79 Å². The summed E-state index contributed by atoms with van der Waals surface area (Å²) in [6.45, 7) is 3.32. The summed E-state index contributed by atoms with van der Waals surface area (Å²) < 4.78 is 19.4. The van der Waals surface area contributed by atoms with Crippen LogP contribution in [0.4, 0.5) is 15.2 Å². The number of hydrogen-bond acceptors (Lipinski definition) is 7. The first-order chi connectivity index (χ1) is 12.1. The lowest BCUT2D eigenvalue weighted by molar-refractivity contribution is -0.115. The second kappa shape index (κ2) is 8.59. The lowest BCUT2D eigenvalue weighted by Gasteiger charge is -2.10. The molecule has 0 spiro atoms. The van der Waals surface area contributed by atoms with Gasteiger partial charge in [-0.1, -0.05) is 29.2 Å². The van der Waals surface area contributed by atoms with Crippen LogP contribution in [0, 0.1) is 5.82 Å². The fourth-order valence-corrected chi connectivity index (χ4v) is 4.25. The van der Waals surface area contributed by atoms with Crippen LogP contribution >= 0.6 is 23.1 Å². The monoisotopic (exact) mass is 382 g/mol. The average Bonchev–Trinajstić information content (AvgIpc) is 3.24.